The first-order valence-corrected chi connectivity index (χ1v) is 13.6. The fourth-order valence-electron chi connectivity index (χ4n) is 4.44. The fourth-order valence-corrected chi connectivity index (χ4v) is 5.62. The van der Waals surface area contributed by atoms with Gasteiger partial charge in [0.15, 0.2) is 0 Å². The molecule has 0 bridgehead atoms. The topological polar surface area (TPSA) is 78.9 Å². The third-order valence-electron chi connectivity index (χ3n) is 6.63. The highest BCUT2D eigenvalue weighted by atomic mass is 35.5. The first-order valence-electron chi connectivity index (χ1n) is 12.4. The molecule has 1 aliphatic carbocycles. The molecular formula is C28H28ClFN2O4S. The van der Waals surface area contributed by atoms with Gasteiger partial charge in [0, 0.05) is 11.4 Å². The Bertz CT molecular complexity index is 1270. The van der Waals surface area contributed by atoms with Crippen molar-refractivity contribution < 1.29 is 23.8 Å². The molecule has 6 nitrogen and oxygen atoms in total. The molecule has 0 unspecified atom stereocenters. The van der Waals surface area contributed by atoms with Crippen molar-refractivity contribution in [2.45, 2.75) is 43.9 Å². The Balaban J connectivity index is 1.30. The van der Waals surface area contributed by atoms with E-state index in [1.165, 1.54) is 23.5 Å². The summed E-state index contributed by atoms with van der Waals surface area (Å²) in [6, 6.07) is 13.7. The monoisotopic (exact) mass is 542 g/mol. The van der Waals surface area contributed by atoms with Crippen molar-refractivity contribution in [2.24, 2.45) is 0 Å². The first-order chi connectivity index (χ1) is 17.9. The number of aliphatic hydroxyl groups excluding tert-OH is 1. The molecule has 1 saturated heterocycles. The summed E-state index contributed by atoms with van der Waals surface area (Å²) in [6.45, 7) is 2.14. The minimum atomic E-state index is -1.07. The highest BCUT2D eigenvalue weighted by Crippen LogP contribution is 2.34. The maximum Gasteiger partial charge on any atom is 0.293 e. The summed E-state index contributed by atoms with van der Waals surface area (Å²) in [7, 11) is 0. The molecule has 1 aliphatic heterocycles. The van der Waals surface area contributed by atoms with Crippen LogP contribution in [0.15, 0.2) is 54.6 Å². The Kier molecular flexibility index (Phi) is 7.90. The standard InChI is InChI=1S/C28H28ClFN2O4S/c29-21-15-18(5-10-23(21)36-20-8-9-20)26(33)22(16-32-13-1-2-14-32)31-28(35)27(34)25-12-11-24(37-25)17-3-6-19(30)7-4-17/h3-7,10-12,15,20,22,26,33H,1-2,8-9,13-14,16H2,(H,31,35)/t22-,26-/m1/s1. The number of rotatable bonds is 10. The predicted octanol–water partition coefficient (Wildman–Crippen LogP) is 5.25. The summed E-state index contributed by atoms with van der Waals surface area (Å²) in [5.41, 5.74) is 1.30. The second kappa shape index (κ2) is 11.3. The van der Waals surface area contributed by atoms with Gasteiger partial charge in [0.05, 0.1) is 22.0 Å². The average Bonchev–Trinajstić information content (AvgIpc) is 3.33. The van der Waals surface area contributed by atoms with E-state index in [1.807, 2.05) is 0 Å². The molecule has 1 aromatic heterocycles. The van der Waals surface area contributed by atoms with Gasteiger partial charge in [-0.05, 0) is 86.3 Å². The normalized spacial score (nSPS) is 17.4. The number of Topliss-reactive ketones (excluding diaryl/α,β-unsaturated/α-hetero) is 1. The Morgan fingerprint density at radius 2 is 1.84 bits per heavy atom. The molecule has 1 saturated carbocycles. The molecule has 2 aromatic carbocycles. The number of thiophene rings is 1. The van der Waals surface area contributed by atoms with Crippen LogP contribution in [0.2, 0.25) is 5.02 Å². The lowest BCUT2D eigenvalue weighted by molar-refractivity contribution is -0.118. The molecule has 0 radical (unpaired) electrons. The van der Waals surface area contributed by atoms with Gasteiger partial charge in [-0.15, -0.1) is 11.3 Å². The molecule has 3 aromatic rings. The minimum Gasteiger partial charge on any atom is -0.489 e. The molecular weight excluding hydrogens is 515 g/mol. The zero-order valence-electron chi connectivity index (χ0n) is 20.2. The highest BCUT2D eigenvalue weighted by Gasteiger charge is 2.30. The number of ketones is 1. The number of nitrogens with zero attached hydrogens (tertiary/aromatic N) is 1. The molecule has 2 aliphatic rings. The van der Waals surface area contributed by atoms with E-state index in [0.717, 1.165) is 49.2 Å². The van der Waals surface area contributed by atoms with Crippen LogP contribution in [0, 0.1) is 5.82 Å². The van der Waals surface area contributed by atoms with Gasteiger partial charge >= 0.3 is 0 Å². The molecule has 2 fully saturated rings. The van der Waals surface area contributed by atoms with Gasteiger partial charge in [0.2, 0.25) is 0 Å². The summed E-state index contributed by atoms with van der Waals surface area (Å²) < 4.78 is 19.0. The lowest BCUT2D eigenvalue weighted by Crippen LogP contribution is -2.48. The molecule has 9 heteroatoms. The zero-order chi connectivity index (χ0) is 25.9. The van der Waals surface area contributed by atoms with Gasteiger partial charge in [0.25, 0.3) is 11.7 Å². The van der Waals surface area contributed by atoms with Crippen molar-refractivity contribution in [3.63, 3.8) is 0 Å². The van der Waals surface area contributed by atoms with E-state index in [2.05, 4.69) is 10.2 Å². The largest absolute Gasteiger partial charge is 0.489 e. The Morgan fingerprint density at radius 1 is 1.11 bits per heavy atom. The summed E-state index contributed by atoms with van der Waals surface area (Å²) in [4.78, 5) is 29.2. The number of hydrogen-bond donors (Lipinski definition) is 2. The van der Waals surface area contributed by atoms with Crippen LogP contribution in [0.5, 0.6) is 5.75 Å². The number of nitrogens with one attached hydrogen (secondary N) is 1. The van der Waals surface area contributed by atoms with Crippen molar-refractivity contribution in [1.82, 2.24) is 10.2 Å². The van der Waals surface area contributed by atoms with Crippen LogP contribution in [-0.2, 0) is 4.79 Å². The number of amides is 1. The molecule has 2 N–H and O–H groups in total. The van der Waals surface area contributed by atoms with Crippen molar-refractivity contribution in [2.75, 3.05) is 19.6 Å². The molecule has 194 valence electrons. The van der Waals surface area contributed by atoms with Crippen molar-refractivity contribution in [3.05, 3.63) is 75.9 Å². The second-order valence-electron chi connectivity index (χ2n) is 9.54. The molecule has 2 heterocycles. The van der Waals surface area contributed by atoms with Crippen LogP contribution in [0.25, 0.3) is 10.4 Å². The molecule has 5 rings (SSSR count). The van der Waals surface area contributed by atoms with Crippen LogP contribution in [0.4, 0.5) is 4.39 Å². The van der Waals surface area contributed by atoms with Gasteiger partial charge in [-0.1, -0.05) is 29.8 Å². The smallest absolute Gasteiger partial charge is 0.293 e. The lowest BCUT2D eigenvalue weighted by Gasteiger charge is -2.28. The second-order valence-corrected chi connectivity index (χ2v) is 11.0. The average molecular weight is 543 g/mol. The quantitative estimate of drug-likeness (QED) is 0.270. The highest BCUT2D eigenvalue weighted by molar-refractivity contribution is 7.18. The van der Waals surface area contributed by atoms with Crippen LogP contribution in [-0.4, -0.2) is 53.5 Å². The molecule has 2 atom stereocenters. The van der Waals surface area contributed by atoms with Crippen LogP contribution in [0.3, 0.4) is 0 Å². The number of ether oxygens (including phenoxy) is 1. The van der Waals surface area contributed by atoms with E-state index in [9.17, 15) is 19.1 Å². The van der Waals surface area contributed by atoms with Gasteiger partial charge in [0.1, 0.15) is 17.7 Å². The summed E-state index contributed by atoms with van der Waals surface area (Å²) in [5.74, 6) is -1.23. The summed E-state index contributed by atoms with van der Waals surface area (Å²) in [6.07, 6.45) is 3.25. The molecule has 37 heavy (non-hydrogen) atoms. The van der Waals surface area contributed by atoms with E-state index >= 15 is 0 Å². The van der Waals surface area contributed by atoms with Gasteiger partial charge in [-0.25, -0.2) is 4.39 Å². The maximum absolute atomic E-state index is 13.2. The number of aliphatic hydroxyl groups is 1. The first kappa shape index (κ1) is 25.9. The van der Waals surface area contributed by atoms with E-state index in [1.54, 1.807) is 42.5 Å². The predicted molar refractivity (Wildman–Crippen MR) is 142 cm³/mol. The van der Waals surface area contributed by atoms with E-state index in [-0.39, 0.29) is 16.8 Å². The van der Waals surface area contributed by atoms with E-state index < -0.39 is 23.8 Å². The number of benzene rings is 2. The lowest BCUT2D eigenvalue weighted by atomic mass is 10.0. The molecule has 0 spiro atoms. The SMILES string of the molecule is O=C(N[C@H](CN1CCCC1)[C@H](O)c1ccc(OC2CC2)c(Cl)c1)C(=O)c1ccc(-c2ccc(F)cc2)s1. The minimum absolute atomic E-state index is 0.197. The summed E-state index contributed by atoms with van der Waals surface area (Å²) >= 11 is 7.58. The number of hydrogen-bond acceptors (Lipinski definition) is 6. The van der Waals surface area contributed by atoms with E-state index in [0.29, 0.717) is 22.9 Å². The van der Waals surface area contributed by atoms with Gasteiger partial charge in [-0.3, -0.25) is 9.59 Å². The third-order valence-corrected chi connectivity index (χ3v) is 8.06. The van der Waals surface area contributed by atoms with Crippen LogP contribution < -0.4 is 10.1 Å². The number of halogens is 2. The Morgan fingerprint density at radius 3 is 2.51 bits per heavy atom. The Hall–Kier alpha value is -2.78. The number of carbonyl (C=O) groups excluding carboxylic acids is 2. The van der Waals surface area contributed by atoms with Crippen molar-refractivity contribution in [1.29, 1.82) is 0 Å². The Labute approximate surface area is 224 Å². The van der Waals surface area contributed by atoms with Crippen LogP contribution in [0.1, 0.15) is 47.0 Å². The van der Waals surface area contributed by atoms with Crippen molar-refractivity contribution >= 4 is 34.6 Å². The zero-order valence-corrected chi connectivity index (χ0v) is 21.7. The van der Waals surface area contributed by atoms with Crippen molar-refractivity contribution in [3.8, 4) is 16.2 Å². The number of likely N-dealkylation sites (tertiary alicyclic amines) is 1. The number of carbonyl (C=O) groups is 2. The van der Waals surface area contributed by atoms with E-state index in [4.69, 9.17) is 16.3 Å². The summed E-state index contributed by atoms with van der Waals surface area (Å²) in [5, 5.41) is 14.4. The van der Waals surface area contributed by atoms with Gasteiger partial charge in [-0.2, -0.15) is 0 Å². The molecule has 1 amide bonds. The van der Waals surface area contributed by atoms with Gasteiger partial charge < -0.3 is 20.1 Å². The third kappa shape index (κ3) is 6.38. The van der Waals surface area contributed by atoms with Crippen LogP contribution >= 0.6 is 22.9 Å². The maximum atomic E-state index is 13.2. The fraction of sp³-hybridized carbons (Fsp3) is 0.357.